The van der Waals surface area contributed by atoms with Crippen molar-refractivity contribution < 1.29 is 0 Å². The van der Waals surface area contributed by atoms with Crippen LogP contribution in [-0.2, 0) is 0 Å². The minimum Gasteiger partial charge on any atom is -0.299 e. The Labute approximate surface area is 225 Å². The number of thiophene rings is 1. The van der Waals surface area contributed by atoms with E-state index in [2.05, 4.69) is 131 Å². The summed E-state index contributed by atoms with van der Waals surface area (Å²) >= 11 is 1.87. The lowest BCUT2D eigenvalue weighted by Crippen LogP contribution is -1.97. The molecule has 0 radical (unpaired) electrons. The number of allylic oxidation sites excluding steroid dienone is 5. The van der Waals surface area contributed by atoms with E-state index in [4.69, 9.17) is 0 Å². The van der Waals surface area contributed by atoms with Crippen molar-refractivity contribution in [2.24, 2.45) is 0 Å². The Morgan fingerprint density at radius 1 is 0.789 bits per heavy atom. The van der Waals surface area contributed by atoms with Gasteiger partial charge in [0, 0.05) is 27.4 Å². The molecule has 0 aliphatic rings. The van der Waals surface area contributed by atoms with Crippen molar-refractivity contribution in [1.29, 1.82) is 0 Å². The molecule has 0 unspecified atom stereocenters. The van der Waals surface area contributed by atoms with Gasteiger partial charge in [0.05, 0.1) is 15.7 Å². The van der Waals surface area contributed by atoms with Gasteiger partial charge in [-0.2, -0.15) is 0 Å². The van der Waals surface area contributed by atoms with Crippen molar-refractivity contribution in [3.8, 4) is 16.8 Å². The van der Waals surface area contributed by atoms with Crippen molar-refractivity contribution in [2.45, 2.75) is 6.92 Å². The van der Waals surface area contributed by atoms with E-state index < -0.39 is 0 Å². The normalized spacial score (nSPS) is 12.5. The fraction of sp³-hybridized carbons (Fsp3) is 0.0286. The third-order valence-corrected chi connectivity index (χ3v) is 8.40. The van der Waals surface area contributed by atoms with Crippen LogP contribution >= 0.6 is 11.3 Å². The first-order chi connectivity index (χ1) is 18.8. The summed E-state index contributed by atoms with van der Waals surface area (Å²) < 4.78 is 7.42. The molecule has 4 aromatic carbocycles. The lowest BCUT2D eigenvalue weighted by Gasteiger charge is -2.13. The van der Waals surface area contributed by atoms with Gasteiger partial charge in [-0.1, -0.05) is 91.5 Å². The molecule has 0 aliphatic carbocycles. The van der Waals surface area contributed by atoms with Crippen LogP contribution in [-0.4, -0.2) is 8.97 Å². The minimum atomic E-state index is 1.09. The molecule has 0 fully saturated rings. The molecule has 0 saturated heterocycles. The van der Waals surface area contributed by atoms with E-state index in [1.165, 1.54) is 48.0 Å². The van der Waals surface area contributed by atoms with Crippen LogP contribution in [0.2, 0.25) is 0 Å². The largest absolute Gasteiger partial charge is 0.299 e. The Morgan fingerprint density at radius 2 is 1.55 bits per heavy atom. The highest BCUT2D eigenvalue weighted by atomic mass is 32.1. The number of fused-ring (bicyclic) bond motifs is 7. The van der Waals surface area contributed by atoms with Crippen LogP contribution in [0.15, 0.2) is 134 Å². The molecule has 0 aliphatic heterocycles. The minimum absolute atomic E-state index is 1.09. The molecule has 0 amide bonds. The summed E-state index contributed by atoms with van der Waals surface area (Å²) in [7, 11) is 0. The van der Waals surface area contributed by atoms with Crippen molar-refractivity contribution in [3.63, 3.8) is 0 Å². The smallest absolute Gasteiger partial charge is 0.140 e. The predicted molar refractivity (Wildman–Crippen MR) is 166 cm³/mol. The Kier molecular flexibility index (Phi) is 5.38. The van der Waals surface area contributed by atoms with Gasteiger partial charge in [-0.05, 0) is 65.6 Å². The Bertz CT molecular complexity index is 2040. The average Bonchev–Trinajstić information content (AvgIpc) is 3.61. The third-order valence-electron chi connectivity index (χ3n) is 7.22. The molecule has 38 heavy (non-hydrogen) atoms. The number of aromatic nitrogens is 2. The Balaban J connectivity index is 1.61. The highest BCUT2D eigenvalue weighted by molar-refractivity contribution is 7.26. The number of nitrogens with zero attached hydrogens (tertiary/aromatic N) is 2. The molecular formula is C35H26N2S. The van der Waals surface area contributed by atoms with Crippen molar-refractivity contribution in [2.75, 3.05) is 0 Å². The van der Waals surface area contributed by atoms with Crippen LogP contribution in [0.4, 0.5) is 0 Å². The lowest BCUT2D eigenvalue weighted by molar-refractivity contribution is 1.14. The number of hydrogen-bond donors (Lipinski definition) is 0. The van der Waals surface area contributed by atoms with Crippen LogP contribution in [0, 0.1) is 0 Å². The van der Waals surface area contributed by atoms with Crippen molar-refractivity contribution in [1.82, 2.24) is 8.97 Å². The molecule has 2 nitrogen and oxygen atoms in total. The molecule has 0 atom stereocenters. The SMILES string of the molecule is C=C/C(=C\C=C/C)c1cc(-c2ccccc2)cc(-n2c3ccccc3n3cc4c5ccccc5sc4c23)c1. The molecule has 0 N–H and O–H groups in total. The molecule has 0 saturated carbocycles. The highest BCUT2D eigenvalue weighted by Gasteiger charge is 2.20. The standard InChI is InChI=1S/C35H26N2S/c1-3-5-13-24(4-2)26-20-27(25-14-7-6-8-15-25)22-28(21-26)37-32-18-11-10-17-31(32)36-23-30-29-16-9-12-19-33(29)38-34(30)35(36)37/h3-23H,2H2,1H3/b5-3-,24-13+. The highest BCUT2D eigenvalue weighted by Crippen LogP contribution is 2.41. The summed E-state index contributed by atoms with van der Waals surface area (Å²) in [5.74, 6) is 0. The van der Waals surface area contributed by atoms with Crippen molar-refractivity contribution in [3.05, 3.63) is 140 Å². The second kappa shape index (κ2) is 9.05. The van der Waals surface area contributed by atoms with E-state index in [-0.39, 0.29) is 0 Å². The van der Waals surface area contributed by atoms with E-state index in [1.54, 1.807) is 0 Å². The van der Waals surface area contributed by atoms with Gasteiger partial charge in [-0.15, -0.1) is 11.3 Å². The van der Waals surface area contributed by atoms with Gasteiger partial charge in [0.25, 0.3) is 0 Å². The zero-order valence-electron chi connectivity index (χ0n) is 21.1. The number of imidazole rings is 1. The molecule has 0 bridgehead atoms. The molecule has 3 heterocycles. The van der Waals surface area contributed by atoms with Gasteiger partial charge in [-0.25, -0.2) is 0 Å². The predicted octanol–water partition coefficient (Wildman–Crippen LogP) is 10.1. The topological polar surface area (TPSA) is 9.34 Å². The maximum absolute atomic E-state index is 4.13. The van der Waals surface area contributed by atoms with Crippen molar-refractivity contribution >= 4 is 53.8 Å². The van der Waals surface area contributed by atoms with Crippen LogP contribution in [0.25, 0.3) is 59.2 Å². The van der Waals surface area contributed by atoms with Crippen LogP contribution < -0.4 is 0 Å². The number of rotatable bonds is 5. The zero-order valence-corrected chi connectivity index (χ0v) is 22.0. The summed E-state index contributed by atoms with van der Waals surface area (Å²) in [4.78, 5) is 0. The quantitative estimate of drug-likeness (QED) is 0.205. The molecule has 7 aromatic rings. The molecule has 3 heteroatoms. The van der Waals surface area contributed by atoms with Crippen LogP contribution in [0.1, 0.15) is 12.5 Å². The molecular weight excluding hydrogens is 480 g/mol. The number of benzene rings is 4. The maximum atomic E-state index is 4.13. The van der Waals surface area contributed by atoms with E-state index >= 15 is 0 Å². The monoisotopic (exact) mass is 506 g/mol. The third kappa shape index (κ3) is 3.47. The summed E-state index contributed by atoms with van der Waals surface area (Å²) in [6, 6.07) is 34.9. The molecule has 182 valence electrons. The van der Waals surface area contributed by atoms with Gasteiger partial charge in [-0.3, -0.25) is 8.97 Å². The fourth-order valence-electron chi connectivity index (χ4n) is 5.47. The van der Waals surface area contributed by atoms with Crippen LogP contribution in [0.5, 0.6) is 0 Å². The average molecular weight is 507 g/mol. The number of para-hydroxylation sites is 2. The maximum Gasteiger partial charge on any atom is 0.140 e. The number of hydrogen-bond acceptors (Lipinski definition) is 1. The lowest BCUT2D eigenvalue weighted by atomic mass is 9.97. The molecule has 0 spiro atoms. The van der Waals surface area contributed by atoms with E-state index in [0.717, 1.165) is 16.8 Å². The summed E-state index contributed by atoms with van der Waals surface area (Å²) in [5.41, 5.74) is 9.35. The first kappa shape index (κ1) is 22.6. The summed E-state index contributed by atoms with van der Waals surface area (Å²) in [6.45, 7) is 6.17. The van der Waals surface area contributed by atoms with Gasteiger partial charge in [0.1, 0.15) is 5.65 Å². The summed E-state index contributed by atoms with van der Waals surface area (Å²) in [6.07, 6.45) is 10.5. The fourth-order valence-corrected chi connectivity index (χ4v) is 6.68. The van der Waals surface area contributed by atoms with E-state index in [1.807, 2.05) is 30.4 Å². The first-order valence-corrected chi connectivity index (χ1v) is 13.7. The Hall–Kier alpha value is -4.60. The van der Waals surface area contributed by atoms with Gasteiger partial charge < -0.3 is 0 Å². The zero-order chi connectivity index (χ0) is 25.6. The van der Waals surface area contributed by atoms with E-state index in [9.17, 15) is 0 Å². The second-order valence-electron chi connectivity index (χ2n) is 9.47. The van der Waals surface area contributed by atoms with Gasteiger partial charge in [0.2, 0.25) is 0 Å². The van der Waals surface area contributed by atoms with Crippen LogP contribution in [0.3, 0.4) is 0 Å². The Morgan fingerprint density at radius 3 is 2.37 bits per heavy atom. The first-order valence-electron chi connectivity index (χ1n) is 12.9. The molecule has 3 aromatic heterocycles. The molecule has 7 rings (SSSR count). The van der Waals surface area contributed by atoms with E-state index in [0.29, 0.717) is 0 Å². The van der Waals surface area contributed by atoms with Gasteiger partial charge >= 0.3 is 0 Å². The second-order valence-corrected chi connectivity index (χ2v) is 10.5. The summed E-state index contributed by atoms with van der Waals surface area (Å²) in [5, 5.41) is 2.62. The van der Waals surface area contributed by atoms with Gasteiger partial charge in [0.15, 0.2) is 0 Å².